The van der Waals surface area contributed by atoms with E-state index in [0.717, 1.165) is 24.4 Å². The lowest BCUT2D eigenvalue weighted by Crippen LogP contribution is -2.76. The molecule has 2 rings (SSSR count). The van der Waals surface area contributed by atoms with Gasteiger partial charge in [-0.05, 0) is 23.8 Å². The molecule has 0 aliphatic carbocycles. The van der Waals surface area contributed by atoms with Crippen LogP contribution in [0.5, 0.6) is 5.75 Å². The normalized spacial score (nSPS) is 14.6. The van der Waals surface area contributed by atoms with Crippen LogP contribution in [0.3, 0.4) is 0 Å². The van der Waals surface area contributed by atoms with Gasteiger partial charge < -0.3 is 4.74 Å². The highest BCUT2D eigenvalue weighted by Crippen LogP contribution is 2.19. The number of benzene rings is 1. The second kappa shape index (κ2) is 4.01. The van der Waals surface area contributed by atoms with Crippen LogP contribution in [0, 0.1) is 0 Å². The van der Waals surface area contributed by atoms with E-state index in [1.807, 2.05) is 6.07 Å². The molecule has 0 aromatic heterocycles. The van der Waals surface area contributed by atoms with E-state index in [9.17, 15) is 0 Å². The first kappa shape index (κ1) is 9.53. The molecule has 1 aliphatic heterocycles. The number of halogens is 1. The van der Waals surface area contributed by atoms with E-state index in [0.29, 0.717) is 5.88 Å². The molecule has 14 heavy (non-hydrogen) atoms. The third kappa shape index (κ3) is 1.62. The van der Waals surface area contributed by atoms with Crippen LogP contribution >= 0.6 is 11.6 Å². The quantitative estimate of drug-likeness (QED) is 0.701. The van der Waals surface area contributed by atoms with E-state index >= 15 is 0 Å². The molecule has 0 saturated heterocycles. The molecule has 74 valence electrons. The summed E-state index contributed by atoms with van der Waals surface area (Å²) >= 11 is 5.85. The first-order valence-electron chi connectivity index (χ1n) is 4.68. The molecular formula is C11H13ClNO+. The average molecular weight is 211 g/mol. The van der Waals surface area contributed by atoms with E-state index in [1.165, 1.54) is 11.1 Å². The molecular weight excluding hydrogens is 198 g/mol. The molecule has 0 amide bonds. The maximum atomic E-state index is 5.85. The zero-order valence-electron chi connectivity index (χ0n) is 8.14. The number of alkyl halides is 1. The Labute approximate surface area is 88.6 Å². The van der Waals surface area contributed by atoms with E-state index in [2.05, 4.69) is 17.1 Å². The topological polar surface area (TPSA) is 23.2 Å². The number of rotatable bonds is 2. The molecule has 0 spiro atoms. The number of fused-ring (bicyclic) bond motifs is 1. The fourth-order valence-electron chi connectivity index (χ4n) is 1.76. The van der Waals surface area contributed by atoms with E-state index in [-0.39, 0.29) is 0 Å². The van der Waals surface area contributed by atoms with E-state index in [4.69, 9.17) is 16.3 Å². The van der Waals surface area contributed by atoms with E-state index < -0.39 is 0 Å². The highest BCUT2D eigenvalue weighted by molar-refractivity contribution is 6.30. The van der Waals surface area contributed by atoms with Crippen molar-refractivity contribution in [3.63, 3.8) is 0 Å². The van der Waals surface area contributed by atoms with Crippen molar-refractivity contribution in [2.45, 2.75) is 6.42 Å². The number of hydrogen-bond acceptors (Lipinski definition) is 1. The minimum atomic E-state index is 0.541. The third-order valence-electron chi connectivity index (χ3n) is 2.50. The van der Waals surface area contributed by atoms with Crippen LogP contribution in [0.1, 0.15) is 11.1 Å². The summed E-state index contributed by atoms with van der Waals surface area (Å²) < 4.78 is 5.19. The fraction of sp³-hybridized carbons (Fsp3) is 0.364. The maximum Gasteiger partial charge on any atom is 0.196 e. The molecule has 3 heteroatoms. The van der Waals surface area contributed by atoms with Gasteiger partial charge in [0.15, 0.2) is 5.71 Å². The van der Waals surface area contributed by atoms with Gasteiger partial charge in [-0.3, -0.25) is 0 Å². The number of hydrogen-bond donors (Lipinski definition) is 1. The summed E-state index contributed by atoms with van der Waals surface area (Å²) in [5.41, 5.74) is 3.67. The predicted molar refractivity (Wildman–Crippen MR) is 57.4 cm³/mol. The van der Waals surface area contributed by atoms with Crippen molar-refractivity contribution < 1.29 is 9.73 Å². The Hall–Kier alpha value is -1.02. The van der Waals surface area contributed by atoms with Crippen LogP contribution in [0.2, 0.25) is 0 Å². The van der Waals surface area contributed by atoms with Crippen molar-refractivity contribution in [2.24, 2.45) is 0 Å². The van der Waals surface area contributed by atoms with Gasteiger partial charge in [-0.1, -0.05) is 0 Å². The molecule has 1 aromatic rings. The smallest absolute Gasteiger partial charge is 0.196 e. The second-order valence-corrected chi connectivity index (χ2v) is 3.58. The molecule has 0 radical (unpaired) electrons. The molecule has 0 bridgehead atoms. The lowest BCUT2D eigenvalue weighted by atomic mass is 9.98. The van der Waals surface area contributed by atoms with Gasteiger partial charge in [-0.25, -0.2) is 4.99 Å². The molecule has 2 nitrogen and oxygen atoms in total. The summed E-state index contributed by atoms with van der Waals surface area (Å²) in [6, 6.07) is 6.12. The number of ether oxygens (including phenoxy) is 1. The van der Waals surface area contributed by atoms with Gasteiger partial charge in [-0.2, -0.15) is 0 Å². The Bertz CT molecular complexity index is 374. The van der Waals surface area contributed by atoms with Crippen molar-refractivity contribution in [1.29, 1.82) is 0 Å². The zero-order valence-corrected chi connectivity index (χ0v) is 8.90. The zero-order chi connectivity index (χ0) is 9.97. The Morgan fingerprint density at radius 1 is 1.50 bits per heavy atom. The van der Waals surface area contributed by atoms with Gasteiger partial charge in [0.2, 0.25) is 0 Å². The second-order valence-electron chi connectivity index (χ2n) is 3.31. The van der Waals surface area contributed by atoms with Crippen LogP contribution in [-0.2, 0) is 6.42 Å². The summed E-state index contributed by atoms with van der Waals surface area (Å²) in [4.78, 5) is 3.31. The van der Waals surface area contributed by atoms with Crippen molar-refractivity contribution >= 4 is 17.3 Å². The van der Waals surface area contributed by atoms with Crippen molar-refractivity contribution in [3.8, 4) is 5.75 Å². The number of methoxy groups -OCH3 is 1. The highest BCUT2D eigenvalue weighted by Gasteiger charge is 2.18. The van der Waals surface area contributed by atoms with E-state index in [1.54, 1.807) is 7.11 Å². The lowest BCUT2D eigenvalue weighted by Gasteiger charge is -2.11. The SMILES string of the molecule is COc1ccc2c(c1)CC[NH+]=C2CCl. The summed E-state index contributed by atoms with van der Waals surface area (Å²) in [5.74, 6) is 1.46. The number of nitrogens with one attached hydrogen (secondary N) is 1. The van der Waals surface area contributed by atoms with Gasteiger partial charge >= 0.3 is 0 Å². The Morgan fingerprint density at radius 3 is 3.07 bits per heavy atom. The van der Waals surface area contributed by atoms with Gasteiger partial charge in [0.25, 0.3) is 0 Å². The first-order valence-corrected chi connectivity index (χ1v) is 5.21. The molecule has 1 N–H and O–H groups in total. The Morgan fingerprint density at radius 2 is 2.36 bits per heavy atom. The van der Waals surface area contributed by atoms with Crippen LogP contribution in [-0.4, -0.2) is 25.2 Å². The lowest BCUT2D eigenvalue weighted by molar-refractivity contribution is -0.457. The predicted octanol–water partition coefficient (Wildman–Crippen LogP) is 0.360. The van der Waals surface area contributed by atoms with Crippen LogP contribution < -0.4 is 9.73 Å². The van der Waals surface area contributed by atoms with Gasteiger partial charge in [0.05, 0.1) is 7.11 Å². The fourth-order valence-corrected chi connectivity index (χ4v) is 2.00. The largest absolute Gasteiger partial charge is 0.497 e. The average Bonchev–Trinajstić information content (AvgIpc) is 2.27. The molecule has 1 heterocycles. The van der Waals surface area contributed by atoms with Gasteiger partial charge in [0, 0.05) is 12.0 Å². The molecule has 0 unspecified atom stereocenters. The minimum Gasteiger partial charge on any atom is -0.497 e. The Balaban J connectivity index is 2.43. The summed E-state index contributed by atoms with van der Waals surface area (Å²) in [6.45, 7) is 0.961. The maximum absolute atomic E-state index is 5.85. The summed E-state index contributed by atoms with van der Waals surface area (Å²) in [7, 11) is 1.69. The minimum absolute atomic E-state index is 0.541. The van der Waals surface area contributed by atoms with Gasteiger partial charge in [-0.15, -0.1) is 11.6 Å². The first-order chi connectivity index (χ1) is 6.85. The molecule has 0 saturated carbocycles. The monoisotopic (exact) mass is 210 g/mol. The third-order valence-corrected chi connectivity index (χ3v) is 2.77. The van der Waals surface area contributed by atoms with Crippen LogP contribution in [0.15, 0.2) is 18.2 Å². The summed E-state index contributed by atoms with van der Waals surface area (Å²) in [6.07, 6.45) is 1.03. The van der Waals surface area contributed by atoms with Crippen LogP contribution in [0.4, 0.5) is 0 Å². The molecule has 0 atom stereocenters. The molecule has 0 fully saturated rings. The van der Waals surface area contributed by atoms with Crippen molar-refractivity contribution in [3.05, 3.63) is 29.3 Å². The summed E-state index contributed by atoms with van der Waals surface area (Å²) in [5, 5.41) is 0. The van der Waals surface area contributed by atoms with Crippen molar-refractivity contribution in [1.82, 2.24) is 0 Å². The Kier molecular flexibility index (Phi) is 2.73. The highest BCUT2D eigenvalue weighted by atomic mass is 35.5. The molecule has 1 aromatic carbocycles. The van der Waals surface area contributed by atoms with Crippen LogP contribution in [0.25, 0.3) is 0 Å². The molecule has 1 aliphatic rings. The standard InChI is InChI=1S/C11H12ClNO/c1-14-9-2-3-10-8(6-9)4-5-13-11(10)7-12/h2-3,6H,4-5,7H2,1H3/p+1. The van der Waals surface area contributed by atoms with Crippen molar-refractivity contribution in [2.75, 3.05) is 19.5 Å². The van der Waals surface area contributed by atoms with Gasteiger partial charge in [0.1, 0.15) is 18.2 Å².